The number of hydrazone groups is 1. The third-order valence-electron chi connectivity index (χ3n) is 6.43. The van der Waals surface area contributed by atoms with Crippen molar-refractivity contribution in [3.8, 4) is 5.75 Å². The predicted octanol–water partition coefficient (Wildman–Crippen LogP) is 6.01. The number of benzene rings is 5. The number of sulfonamides is 1. The number of rotatable bonds is 9. The summed E-state index contributed by atoms with van der Waals surface area (Å²) in [5, 5.41) is 6.25. The molecule has 0 aliphatic rings. The van der Waals surface area contributed by atoms with Gasteiger partial charge < -0.3 is 4.74 Å². The highest BCUT2D eigenvalue weighted by atomic mass is 32.2. The molecular weight excluding hydrogens is 522 g/mol. The van der Waals surface area contributed by atoms with Gasteiger partial charge in [-0.05, 0) is 52.7 Å². The van der Waals surface area contributed by atoms with Crippen LogP contribution in [0.2, 0.25) is 0 Å². The molecule has 0 unspecified atom stereocenters. The number of methoxy groups -OCH3 is 1. The quantitative estimate of drug-likeness (QED) is 0.180. The molecule has 0 saturated heterocycles. The first-order chi connectivity index (χ1) is 19.5. The molecule has 0 radical (unpaired) electrons. The maximum Gasteiger partial charge on any atom is 0.273 e. The second kappa shape index (κ2) is 11.8. The van der Waals surface area contributed by atoms with E-state index in [1.165, 1.54) is 23.5 Å². The number of hydrogen-bond donors (Lipinski definition) is 1. The molecule has 5 aromatic carbocycles. The smallest absolute Gasteiger partial charge is 0.273 e. The Kier molecular flexibility index (Phi) is 7.89. The van der Waals surface area contributed by atoms with E-state index in [0.717, 1.165) is 21.9 Å². The molecule has 5 rings (SSSR count). The zero-order valence-corrected chi connectivity index (χ0v) is 22.6. The molecule has 0 fully saturated rings. The van der Waals surface area contributed by atoms with Crippen LogP contribution in [0, 0.1) is 0 Å². The maximum atomic E-state index is 14.0. The van der Waals surface area contributed by atoms with E-state index < -0.39 is 15.9 Å². The predicted molar refractivity (Wildman–Crippen MR) is 158 cm³/mol. The van der Waals surface area contributed by atoms with E-state index in [1.807, 2.05) is 72.8 Å². The third kappa shape index (κ3) is 5.72. The Labute approximate surface area is 233 Å². The summed E-state index contributed by atoms with van der Waals surface area (Å²) in [4.78, 5) is 13.4. The molecule has 0 aromatic heterocycles. The van der Waals surface area contributed by atoms with Gasteiger partial charge in [0.2, 0.25) is 0 Å². The highest BCUT2D eigenvalue weighted by Gasteiger charge is 2.28. The number of carbonyl (C=O) groups is 1. The van der Waals surface area contributed by atoms with Crippen LogP contribution < -0.4 is 14.5 Å². The average molecular weight is 550 g/mol. The van der Waals surface area contributed by atoms with Crippen molar-refractivity contribution >= 4 is 38.6 Å². The fourth-order valence-electron chi connectivity index (χ4n) is 4.39. The molecule has 200 valence electrons. The summed E-state index contributed by atoms with van der Waals surface area (Å²) < 4.78 is 34.4. The Hall–Kier alpha value is -4.95. The Bertz CT molecular complexity index is 1760. The van der Waals surface area contributed by atoms with Gasteiger partial charge in [-0.25, -0.2) is 13.8 Å². The molecule has 40 heavy (non-hydrogen) atoms. The summed E-state index contributed by atoms with van der Waals surface area (Å²) in [6.07, 6.45) is 1.58. The highest BCUT2D eigenvalue weighted by Crippen LogP contribution is 2.30. The average Bonchev–Trinajstić information content (AvgIpc) is 3.00. The second-order valence-electron chi connectivity index (χ2n) is 8.96. The number of amides is 1. The van der Waals surface area contributed by atoms with E-state index in [1.54, 1.807) is 42.6 Å². The van der Waals surface area contributed by atoms with Gasteiger partial charge in [-0.2, -0.15) is 5.10 Å². The Morgan fingerprint density at radius 2 is 1.50 bits per heavy atom. The fourth-order valence-corrected chi connectivity index (χ4v) is 5.86. The number of hydrogen-bond acceptors (Lipinski definition) is 5. The van der Waals surface area contributed by atoms with E-state index in [4.69, 9.17) is 4.74 Å². The van der Waals surface area contributed by atoms with Gasteiger partial charge in [-0.15, -0.1) is 0 Å². The van der Waals surface area contributed by atoms with Gasteiger partial charge in [-0.3, -0.25) is 9.10 Å². The first-order valence-electron chi connectivity index (χ1n) is 12.6. The lowest BCUT2D eigenvalue weighted by atomic mass is 10.1. The molecule has 0 aliphatic heterocycles. The van der Waals surface area contributed by atoms with Gasteiger partial charge in [0.25, 0.3) is 15.9 Å². The molecule has 0 heterocycles. The van der Waals surface area contributed by atoms with Crippen molar-refractivity contribution in [1.29, 1.82) is 0 Å². The molecule has 0 aliphatic carbocycles. The standard InChI is InChI=1S/C32H27N3O4S/c1-39-27-18-20-28(21-19-27)40(37,38)35(23-24-10-3-2-4-11-24)31-17-8-7-16-30(31)32(36)34-33-22-26-14-9-13-25-12-5-6-15-29(25)26/h2-22H,23H2,1H3,(H,34,36)/b33-22-. The number of anilines is 1. The Morgan fingerprint density at radius 1 is 0.825 bits per heavy atom. The summed E-state index contributed by atoms with van der Waals surface area (Å²) >= 11 is 0. The van der Waals surface area contributed by atoms with Crippen molar-refractivity contribution in [3.05, 3.63) is 138 Å². The van der Waals surface area contributed by atoms with Gasteiger partial charge in [-0.1, -0.05) is 84.9 Å². The summed E-state index contributed by atoms with van der Waals surface area (Å²) in [7, 11) is -2.55. The van der Waals surface area contributed by atoms with Crippen molar-refractivity contribution < 1.29 is 17.9 Å². The number of carbonyl (C=O) groups excluding carboxylic acids is 1. The lowest BCUT2D eigenvalue weighted by molar-refractivity contribution is 0.0955. The van der Waals surface area contributed by atoms with E-state index in [2.05, 4.69) is 10.5 Å². The zero-order valence-electron chi connectivity index (χ0n) is 21.8. The van der Waals surface area contributed by atoms with Crippen LogP contribution in [0.15, 0.2) is 131 Å². The van der Waals surface area contributed by atoms with Crippen molar-refractivity contribution in [1.82, 2.24) is 5.43 Å². The maximum absolute atomic E-state index is 14.0. The largest absolute Gasteiger partial charge is 0.497 e. The molecule has 5 aromatic rings. The summed E-state index contributed by atoms with van der Waals surface area (Å²) in [6.45, 7) is 0.0266. The molecule has 7 nitrogen and oxygen atoms in total. The van der Waals surface area contributed by atoms with Gasteiger partial charge in [0, 0.05) is 5.56 Å². The van der Waals surface area contributed by atoms with Crippen LogP contribution in [0.5, 0.6) is 5.75 Å². The van der Waals surface area contributed by atoms with Crippen LogP contribution in [-0.4, -0.2) is 27.6 Å². The van der Waals surface area contributed by atoms with Crippen molar-refractivity contribution in [2.75, 3.05) is 11.4 Å². The van der Waals surface area contributed by atoms with Gasteiger partial charge in [0.05, 0.1) is 36.0 Å². The zero-order chi connectivity index (χ0) is 28.0. The number of nitrogens with one attached hydrogen (secondary N) is 1. The van der Waals surface area contributed by atoms with Gasteiger partial charge in [0.15, 0.2) is 0 Å². The SMILES string of the molecule is COc1ccc(S(=O)(=O)N(Cc2ccccc2)c2ccccc2C(=O)N/N=C\c2cccc3ccccc23)cc1. The second-order valence-corrected chi connectivity index (χ2v) is 10.8. The third-order valence-corrected chi connectivity index (χ3v) is 8.20. The first-order valence-corrected chi connectivity index (χ1v) is 14.0. The van der Waals surface area contributed by atoms with Gasteiger partial charge >= 0.3 is 0 Å². The number of para-hydroxylation sites is 1. The van der Waals surface area contributed by atoms with Crippen molar-refractivity contribution in [2.45, 2.75) is 11.4 Å². The van der Waals surface area contributed by atoms with Gasteiger partial charge in [0.1, 0.15) is 5.75 Å². The lowest BCUT2D eigenvalue weighted by Gasteiger charge is -2.26. The molecular formula is C32H27N3O4S. The van der Waals surface area contributed by atoms with Crippen LogP contribution in [0.4, 0.5) is 5.69 Å². The van der Waals surface area contributed by atoms with Crippen LogP contribution in [0.3, 0.4) is 0 Å². The van der Waals surface area contributed by atoms with E-state index in [-0.39, 0.29) is 22.7 Å². The minimum Gasteiger partial charge on any atom is -0.497 e. The minimum atomic E-state index is -4.06. The summed E-state index contributed by atoms with van der Waals surface area (Å²) in [5.74, 6) is 0.00692. The number of nitrogens with zero attached hydrogens (tertiary/aromatic N) is 2. The molecule has 0 bridgehead atoms. The molecule has 8 heteroatoms. The Balaban J connectivity index is 1.49. The number of ether oxygens (including phenoxy) is 1. The van der Waals surface area contributed by atoms with E-state index in [9.17, 15) is 13.2 Å². The molecule has 0 atom stereocenters. The molecule has 1 amide bonds. The topological polar surface area (TPSA) is 88.1 Å². The Morgan fingerprint density at radius 3 is 2.27 bits per heavy atom. The summed E-state index contributed by atoms with van der Waals surface area (Å²) in [6, 6.07) is 35.7. The molecule has 0 spiro atoms. The van der Waals surface area contributed by atoms with Crippen LogP contribution >= 0.6 is 0 Å². The molecule has 1 N–H and O–H groups in total. The highest BCUT2D eigenvalue weighted by molar-refractivity contribution is 7.92. The lowest BCUT2D eigenvalue weighted by Crippen LogP contribution is -2.33. The monoisotopic (exact) mass is 549 g/mol. The fraction of sp³-hybridized carbons (Fsp3) is 0.0625. The summed E-state index contributed by atoms with van der Waals surface area (Å²) in [5.41, 5.74) is 4.59. The first kappa shape index (κ1) is 26.6. The number of fused-ring (bicyclic) bond motifs is 1. The van der Waals surface area contributed by atoms with Crippen LogP contribution in [0.25, 0.3) is 10.8 Å². The van der Waals surface area contributed by atoms with Crippen molar-refractivity contribution in [3.63, 3.8) is 0 Å². The van der Waals surface area contributed by atoms with Crippen LogP contribution in [-0.2, 0) is 16.6 Å². The molecule has 0 saturated carbocycles. The minimum absolute atomic E-state index is 0.0266. The van der Waals surface area contributed by atoms with E-state index >= 15 is 0 Å². The van der Waals surface area contributed by atoms with E-state index in [0.29, 0.717) is 5.75 Å². The normalized spacial score (nSPS) is 11.4. The van der Waals surface area contributed by atoms with Crippen LogP contribution in [0.1, 0.15) is 21.5 Å². The van der Waals surface area contributed by atoms with Crippen molar-refractivity contribution in [2.24, 2.45) is 5.10 Å².